The fourth-order valence-electron chi connectivity index (χ4n) is 2.54. The number of carbonyl (C=O) groups excluding carboxylic acids is 1. The molecule has 0 bridgehead atoms. The van der Waals surface area contributed by atoms with Crippen molar-refractivity contribution in [3.05, 3.63) is 29.8 Å². The molecule has 0 aliphatic carbocycles. The Hall–Kier alpha value is -1.83. The predicted octanol–water partition coefficient (Wildman–Crippen LogP) is 3.40. The summed E-state index contributed by atoms with van der Waals surface area (Å²) in [7, 11) is 0. The van der Waals surface area contributed by atoms with Gasteiger partial charge in [-0.05, 0) is 37.6 Å². The SMILES string of the molecule is NCC#Cc1cccc(NC(=O)CCCCCCCCCCN)c1. The second-order valence-electron chi connectivity index (χ2n) is 6.00. The van der Waals surface area contributed by atoms with E-state index >= 15 is 0 Å². The minimum absolute atomic E-state index is 0.0712. The van der Waals surface area contributed by atoms with Crippen LogP contribution in [0.4, 0.5) is 5.69 Å². The van der Waals surface area contributed by atoms with Gasteiger partial charge in [0.05, 0.1) is 6.54 Å². The van der Waals surface area contributed by atoms with Crippen LogP contribution in [0.2, 0.25) is 0 Å². The van der Waals surface area contributed by atoms with Crippen molar-refractivity contribution in [2.45, 2.75) is 57.8 Å². The Morgan fingerprint density at radius 3 is 2.29 bits per heavy atom. The summed E-state index contributed by atoms with van der Waals surface area (Å²) in [6, 6.07) is 7.56. The van der Waals surface area contributed by atoms with Gasteiger partial charge in [0.1, 0.15) is 0 Å². The Labute approximate surface area is 146 Å². The number of nitrogens with one attached hydrogen (secondary N) is 1. The number of rotatable bonds is 11. The van der Waals surface area contributed by atoms with Crippen LogP contribution in [0.3, 0.4) is 0 Å². The first-order chi connectivity index (χ1) is 11.8. The van der Waals surface area contributed by atoms with Gasteiger partial charge in [-0.3, -0.25) is 4.79 Å². The summed E-state index contributed by atoms with van der Waals surface area (Å²) in [5.41, 5.74) is 12.5. The number of hydrogen-bond donors (Lipinski definition) is 3. The smallest absolute Gasteiger partial charge is 0.224 e. The first-order valence-corrected chi connectivity index (χ1v) is 9.05. The number of carbonyl (C=O) groups is 1. The molecular formula is C20H31N3O. The zero-order chi connectivity index (χ0) is 17.5. The molecule has 1 aromatic rings. The number of anilines is 1. The van der Waals surface area contributed by atoms with Crippen molar-refractivity contribution in [3.8, 4) is 11.8 Å². The Kier molecular flexibility index (Phi) is 11.5. The van der Waals surface area contributed by atoms with Crippen LogP contribution >= 0.6 is 0 Å². The van der Waals surface area contributed by atoms with Crippen molar-refractivity contribution in [2.75, 3.05) is 18.4 Å². The molecule has 132 valence electrons. The van der Waals surface area contributed by atoms with Gasteiger partial charge in [0.2, 0.25) is 5.91 Å². The molecule has 0 heterocycles. The van der Waals surface area contributed by atoms with E-state index in [0.717, 1.165) is 37.1 Å². The molecule has 0 radical (unpaired) electrons. The lowest BCUT2D eigenvalue weighted by Crippen LogP contribution is -2.11. The van der Waals surface area contributed by atoms with E-state index < -0.39 is 0 Å². The monoisotopic (exact) mass is 329 g/mol. The summed E-state index contributed by atoms with van der Waals surface area (Å²) in [4.78, 5) is 12.0. The van der Waals surface area contributed by atoms with Crippen molar-refractivity contribution in [3.63, 3.8) is 0 Å². The first-order valence-electron chi connectivity index (χ1n) is 9.05. The topological polar surface area (TPSA) is 81.1 Å². The lowest BCUT2D eigenvalue weighted by molar-refractivity contribution is -0.116. The van der Waals surface area contributed by atoms with Gasteiger partial charge in [0.15, 0.2) is 0 Å². The molecule has 1 amide bonds. The van der Waals surface area contributed by atoms with Crippen molar-refractivity contribution in [2.24, 2.45) is 11.5 Å². The Morgan fingerprint density at radius 2 is 1.62 bits per heavy atom. The Morgan fingerprint density at radius 1 is 0.958 bits per heavy atom. The van der Waals surface area contributed by atoms with E-state index in [4.69, 9.17) is 11.5 Å². The normalized spacial score (nSPS) is 10.1. The molecule has 0 spiro atoms. The summed E-state index contributed by atoms with van der Waals surface area (Å²) in [5.74, 6) is 5.85. The zero-order valence-electron chi connectivity index (χ0n) is 14.7. The molecule has 0 fully saturated rings. The second kappa shape index (κ2) is 13.6. The lowest BCUT2D eigenvalue weighted by atomic mass is 10.1. The van der Waals surface area contributed by atoms with Crippen LogP contribution in [0.25, 0.3) is 0 Å². The van der Waals surface area contributed by atoms with Gasteiger partial charge in [0.25, 0.3) is 0 Å². The van der Waals surface area contributed by atoms with Gasteiger partial charge in [-0.2, -0.15) is 0 Å². The van der Waals surface area contributed by atoms with E-state index in [1.165, 1.54) is 32.1 Å². The van der Waals surface area contributed by atoms with Crippen LogP contribution in [0.1, 0.15) is 63.4 Å². The van der Waals surface area contributed by atoms with Gasteiger partial charge in [-0.1, -0.05) is 56.4 Å². The number of benzene rings is 1. The molecule has 0 aromatic heterocycles. The molecule has 0 unspecified atom stereocenters. The van der Waals surface area contributed by atoms with Gasteiger partial charge in [-0.25, -0.2) is 0 Å². The minimum Gasteiger partial charge on any atom is -0.330 e. The Balaban J connectivity index is 2.14. The molecule has 0 atom stereocenters. The molecule has 0 saturated heterocycles. The maximum atomic E-state index is 12.0. The average molecular weight is 329 g/mol. The molecule has 4 heteroatoms. The van der Waals surface area contributed by atoms with E-state index in [-0.39, 0.29) is 5.91 Å². The molecular weight excluding hydrogens is 298 g/mol. The van der Waals surface area contributed by atoms with E-state index in [9.17, 15) is 4.79 Å². The van der Waals surface area contributed by atoms with Gasteiger partial charge in [0, 0.05) is 17.7 Å². The van der Waals surface area contributed by atoms with E-state index in [1.807, 2.05) is 24.3 Å². The maximum absolute atomic E-state index is 12.0. The average Bonchev–Trinajstić information content (AvgIpc) is 2.59. The Bertz CT molecular complexity index is 531. The number of hydrogen-bond acceptors (Lipinski definition) is 3. The fraction of sp³-hybridized carbons (Fsp3) is 0.550. The predicted molar refractivity (Wildman–Crippen MR) is 102 cm³/mol. The third kappa shape index (κ3) is 10.0. The summed E-state index contributed by atoms with van der Waals surface area (Å²) >= 11 is 0. The highest BCUT2D eigenvalue weighted by Crippen LogP contribution is 2.12. The van der Waals surface area contributed by atoms with Gasteiger partial charge in [-0.15, -0.1) is 0 Å². The summed E-state index contributed by atoms with van der Waals surface area (Å²) in [6.45, 7) is 1.14. The largest absolute Gasteiger partial charge is 0.330 e. The third-order valence-corrected chi connectivity index (χ3v) is 3.84. The molecule has 24 heavy (non-hydrogen) atoms. The minimum atomic E-state index is 0.0712. The molecule has 0 aliphatic rings. The highest BCUT2D eigenvalue weighted by molar-refractivity contribution is 5.90. The molecule has 1 aromatic carbocycles. The summed E-state index contributed by atoms with van der Waals surface area (Å²) < 4.78 is 0. The second-order valence-corrected chi connectivity index (χ2v) is 6.00. The van der Waals surface area contributed by atoms with E-state index in [1.54, 1.807) is 0 Å². The van der Waals surface area contributed by atoms with E-state index in [2.05, 4.69) is 17.2 Å². The quantitative estimate of drug-likeness (QED) is 0.430. The fourth-order valence-corrected chi connectivity index (χ4v) is 2.54. The first kappa shape index (κ1) is 20.2. The highest BCUT2D eigenvalue weighted by Gasteiger charge is 2.02. The van der Waals surface area contributed by atoms with Crippen LogP contribution in [0.5, 0.6) is 0 Å². The molecule has 0 saturated carbocycles. The maximum Gasteiger partial charge on any atom is 0.224 e. The van der Waals surface area contributed by atoms with Crippen molar-refractivity contribution >= 4 is 11.6 Å². The van der Waals surface area contributed by atoms with Crippen LogP contribution in [0, 0.1) is 11.8 Å². The summed E-state index contributed by atoms with van der Waals surface area (Å²) in [6.07, 6.45) is 10.0. The van der Waals surface area contributed by atoms with Crippen LogP contribution in [-0.4, -0.2) is 19.0 Å². The standard InChI is InChI=1S/C20H31N3O/c21-15-8-6-4-2-1-3-5-7-14-20(24)23-19-13-9-11-18(17-19)12-10-16-22/h9,11,13,17H,1-8,14-16,21-22H2,(H,23,24). The number of nitrogens with two attached hydrogens (primary N) is 2. The van der Waals surface area contributed by atoms with Crippen LogP contribution in [0.15, 0.2) is 24.3 Å². The third-order valence-electron chi connectivity index (χ3n) is 3.84. The highest BCUT2D eigenvalue weighted by atomic mass is 16.1. The van der Waals surface area contributed by atoms with Crippen LogP contribution in [-0.2, 0) is 4.79 Å². The zero-order valence-corrected chi connectivity index (χ0v) is 14.7. The molecule has 5 N–H and O–H groups in total. The molecule has 4 nitrogen and oxygen atoms in total. The number of amides is 1. The van der Waals surface area contributed by atoms with Gasteiger partial charge >= 0.3 is 0 Å². The van der Waals surface area contributed by atoms with Crippen molar-refractivity contribution in [1.29, 1.82) is 0 Å². The number of unbranched alkanes of at least 4 members (excludes halogenated alkanes) is 7. The van der Waals surface area contributed by atoms with Crippen LogP contribution < -0.4 is 16.8 Å². The summed E-state index contributed by atoms with van der Waals surface area (Å²) in [5, 5.41) is 2.93. The molecule has 1 rings (SSSR count). The van der Waals surface area contributed by atoms with E-state index in [0.29, 0.717) is 13.0 Å². The van der Waals surface area contributed by atoms with Gasteiger partial charge < -0.3 is 16.8 Å². The van der Waals surface area contributed by atoms with Crippen molar-refractivity contribution in [1.82, 2.24) is 0 Å². The lowest BCUT2D eigenvalue weighted by Gasteiger charge is -2.06. The molecule has 0 aliphatic heterocycles. The van der Waals surface area contributed by atoms with Crippen molar-refractivity contribution < 1.29 is 4.79 Å².